The lowest BCUT2D eigenvalue weighted by Crippen LogP contribution is -2.18. The molecule has 0 atom stereocenters. The van der Waals surface area contributed by atoms with Crippen LogP contribution >= 0.6 is 0 Å². The van der Waals surface area contributed by atoms with Crippen molar-refractivity contribution in [3.8, 4) is 0 Å². The van der Waals surface area contributed by atoms with E-state index >= 15 is 0 Å². The van der Waals surface area contributed by atoms with Crippen LogP contribution in [0.4, 0.5) is 0 Å². The lowest BCUT2D eigenvalue weighted by molar-refractivity contribution is -0.187. The number of fused-ring (bicyclic) bond motifs is 1. The van der Waals surface area contributed by atoms with Gasteiger partial charge in [0.2, 0.25) is 11.2 Å². The van der Waals surface area contributed by atoms with E-state index in [4.69, 9.17) is 18.9 Å². The van der Waals surface area contributed by atoms with E-state index in [1.165, 1.54) is 6.07 Å². The van der Waals surface area contributed by atoms with E-state index in [0.29, 0.717) is 22.3 Å². The van der Waals surface area contributed by atoms with Crippen LogP contribution in [0.3, 0.4) is 0 Å². The van der Waals surface area contributed by atoms with Crippen molar-refractivity contribution in [2.75, 3.05) is 0 Å². The molecule has 1 heterocycles. The molecule has 26 heavy (non-hydrogen) atoms. The summed E-state index contributed by atoms with van der Waals surface area (Å²) in [7, 11) is 0. The fraction of sp³-hybridized carbons (Fsp3) is 0.300. The zero-order valence-electron chi connectivity index (χ0n) is 15.3. The Hall–Kier alpha value is -3.02. The Balaban J connectivity index is 1.75. The van der Waals surface area contributed by atoms with Gasteiger partial charge >= 0.3 is 11.9 Å². The molecule has 2 aromatic carbocycles. The minimum atomic E-state index is -0.779. The van der Waals surface area contributed by atoms with Crippen LogP contribution in [0, 0.1) is 13.8 Å². The van der Waals surface area contributed by atoms with E-state index in [2.05, 4.69) is 20.8 Å². The molecule has 0 fully saturated rings. The van der Waals surface area contributed by atoms with E-state index in [9.17, 15) is 9.59 Å². The molecule has 0 aliphatic carbocycles. The van der Waals surface area contributed by atoms with Crippen molar-refractivity contribution in [2.24, 2.45) is 0 Å². The third-order valence-electron chi connectivity index (χ3n) is 4.36. The molecule has 3 rings (SSSR count). The molecular weight excluding hydrogens is 336 g/mol. The summed E-state index contributed by atoms with van der Waals surface area (Å²) in [6.45, 7) is 9.72. The molecular formula is C20H20O6. The average Bonchev–Trinajstić information content (AvgIpc) is 2.53. The molecule has 0 bridgehead atoms. The van der Waals surface area contributed by atoms with Crippen LogP contribution in [0.5, 0.6) is 0 Å². The first kappa shape index (κ1) is 17.8. The van der Waals surface area contributed by atoms with Gasteiger partial charge in [-0.15, -0.1) is 0 Å². The van der Waals surface area contributed by atoms with Crippen molar-refractivity contribution < 1.29 is 28.5 Å². The number of hydrogen-bond donors (Lipinski definition) is 0. The molecule has 1 aromatic heterocycles. The van der Waals surface area contributed by atoms with Crippen molar-refractivity contribution in [3.63, 3.8) is 0 Å². The van der Waals surface area contributed by atoms with Crippen LogP contribution in [-0.4, -0.2) is 11.9 Å². The zero-order chi connectivity index (χ0) is 19.1. The summed E-state index contributed by atoms with van der Waals surface area (Å²) >= 11 is 0. The van der Waals surface area contributed by atoms with Gasteiger partial charge in [-0.3, -0.25) is 9.15 Å². The third kappa shape index (κ3) is 3.10. The Morgan fingerprint density at radius 3 is 2.00 bits per heavy atom. The largest absolute Gasteiger partial charge is 0.386 e. The van der Waals surface area contributed by atoms with Crippen LogP contribution < -0.4 is 0 Å². The van der Waals surface area contributed by atoms with Gasteiger partial charge < -0.3 is 0 Å². The molecule has 136 valence electrons. The van der Waals surface area contributed by atoms with Gasteiger partial charge in [0.1, 0.15) is 0 Å². The standard InChI is InChI=1S/C20H20O6/c1-11-13(7-6-8-15(11)20(3,4)5)18(21)25-26-19(22)14-9-10-16-17(12(14)2)24-23-16/h6-10H,1-5H3. The molecule has 6 nitrogen and oxygen atoms in total. The summed E-state index contributed by atoms with van der Waals surface area (Å²) in [5.41, 5.74) is 3.86. The minimum Gasteiger partial charge on any atom is -0.286 e. The number of carbonyl (C=O) groups is 2. The van der Waals surface area contributed by atoms with Gasteiger partial charge in [-0.05, 0) is 48.6 Å². The first-order valence-electron chi connectivity index (χ1n) is 8.21. The second kappa shape index (κ2) is 6.37. The number of rotatable bonds is 2. The fourth-order valence-corrected chi connectivity index (χ4v) is 2.94. The second-order valence-corrected chi connectivity index (χ2v) is 7.20. The summed E-state index contributed by atoms with van der Waals surface area (Å²) in [5.74, 6) is -1.50. The molecule has 0 spiro atoms. The highest BCUT2D eigenvalue weighted by Crippen LogP contribution is 2.28. The van der Waals surface area contributed by atoms with Gasteiger partial charge in [-0.2, -0.15) is 0 Å². The first-order valence-corrected chi connectivity index (χ1v) is 8.21. The number of carbonyl (C=O) groups excluding carboxylic acids is 2. The fourth-order valence-electron chi connectivity index (χ4n) is 2.94. The lowest BCUT2D eigenvalue weighted by atomic mass is 9.82. The highest BCUT2D eigenvalue weighted by molar-refractivity contribution is 5.96. The highest BCUT2D eigenvalue weighted by atomic mass is 17.2. The second-order valence-electron chi connectivity index (χ2n) is 7.20. The molecule has 0 aliphatic heterocycles. The number of hydrogen-bond acceptors (Lipinski definition) is 6. The molecule has 0 N–H and O–H groups in total. The van der Waals surface area contributed by atoms with Crippen LogP contribution in [0.1, 0.15) is 58.2 Å². The quantitative estimate of drug-likeness (QED) is 0.481. The van der Waals surface area contributed by atoms with Gasteiger partial charge in [0.25, 0.3) is 0 Å². The van der Waals surface area contributed by atoms with Gasteiger partial charge in [0, 0.05) is 5.56 Å². The maximum absolute atomic E-state index is 12.4. The summed E-state index contributed by atoms with van der Waals surface area (Å²) in [4.78, 5) is 34.1. The highest BCUT2D eigenvalue weighted by Gasteiger charge is 2.23. The van der Waals surface area contributed by atoms with Crippen LogP contribution in [0.2, 0.25) is 0 Å². The van der Waals surface area contributed by atoms with Gasteiger partial charge in [0.05, 0.1) is 11.1 Å². The summed E-state index contributed by atoms with van der Waals surface area (Å²) in [5, 5.41) is 0. The summed E-state index contributed by atoms with van der Waals surface area (Å²) < 4.78 is 9.60. The third-order valence-corrected chi connectivity index (χ3v) is 4.36. The van der Waals surface area contributed by atoms with E-state index < -0.39 is 11.9 Å². The van der Waals surface area contributed by atoms with Crippen molar-refractivity contribution >= 4 is 23.1 Å². The van der Waals surface area contributed by atoms with Gasteiger partial charge in [-0.25, -0.2) is 19.4 Å². The molecule has 0 radical (unpaired) electrons. The molecule has 0 saturated carbocycles. The lowest BCUT2D eigenvalue weighted by Gasteiger charge is -2.22. The van der Waals surface area contributed by atoms with E-state index in [1.54, 1.807) is 25.1 Å². The summed E-state index contributed by atoms with van der Waals surface area (Å²) in [6.07, 6.45) is 0. The van der Waals surface area contributed by atoms with Gasteiger partial charge in [0.15, 0.2) is 0 Å². The van der Waals surface area contributed by atoms with Crippen LogP contribution in [-0.2, 0) is 15.2 Å². The molecule has 0 aliphatic rings. The Labute approximate surface area is 150 Å². The maximum Gasteiger partial charge on any atom is 0.386 e. The molecule has 0 saturated heterocycles. The van der Waals surface area contributed by atoms with Crippen LogP contribution in [0.15, 0.2) is 39.5 Å². The monoisotopic (exact) mass is 356 g/mol. The molecule has 0 amide bonds. The maximum atomic E-state index is 12.4. The Morgan fingerprint density at radius 1 is 0.846 bits per heavy atom. The predicted octanol–water partition coefficient (Wildman–Crippen LogP) is 4.87. The van der Waals surface area contributed by atoms with Crippen molar-refractivity contribution in [1.29, 1.82) is 0 Å². The van der Waals surface area contributed by atoms with Crippen molar-refractivity contribution in [3.05, 3.63) is 58.1 Å². The summed E-state index contributed by atoms with van der Waals surface area (Å²) in [6, 6.07) is 8.50. The molecule has 3 aromatic rings. The van der Waals surface area contributed by atoms with E-state index in [-0.39, 0.29) is 11.0 Å². The normalized spacial score (nSPS) is 11.6. The van der Waals surface area contributed by atoms with E-state index in [1.807, 2.05) is 13.0 Å². The smallest absolute Gasteiger partial charge is 0.286 e. The Morgan fingerprint density at radius 2 is 1.46 bits per heavy atom. The molecule has 6 heteroatoms. The Bertz CT molecular complexity index is 984. The minimum absolute atomic E-state index is 0.123. The first-order chi connectivity index (χ1) is 12.2. The van der Waals surface area contributed by atoms with E-state index in [0.717, 1.165) is 11.1 Å². The zero-order valence-corrected chi connectivity index (χ0v) is 15.3. The average molecular weight is 356 g/mol. The topological polar surface area (TPSA) is 78.9 Å². The number of benzene rings is 2. The van der Waals surface area contributed by atoms with Crippen molar-refractivity contribution in [1.82, 2.24) is 0 Å². The van der Waals surface area contributed by atoms with Gasteiger partial charge in [-0.1, -0.05) is 32.9 Å². The predicted molar refractivity (Wildman–Crippen MR) is 93.9 cm³/mol. The van der Waals surface area contributed by atoms with Crippen LogP contribution in [0.25, 0.3) is 11.2 Å². The SMILES string of the molecule is Cc1c(C(=O)OOC(=O)c2ccc3ooc3c2C)cccc1C(C)(C)C. The Kier molecular flexibility index (Phi) is 4.36. The molecule has 0 unspecified atom stereocenters. The van der Waals surface area contributed by atoms with Crippen molar-refractivity contribution in [2.45, 2.75) is 40.0 Å². The number of aryl methyl sites for hydroxylation is 1.